The molecule has 1 rings (SSSR count). The van der Waals surface area contributed by atoms with Crippen molar-refractivity contribution in [3.63, 3.8) is 0 Å². The van der Waals surface area contributed by atoms with Gasteiger partial charge in [-0.2, -0.15) is 0 Å². The fourth-order valence-corrected chi connectivity index (χ4v) is 1.95. The number of carbonyl (C=O) groups is 2. The first-order valence-electron chi connectivity index (χ1n) is 8.42. The van der Waals surface area contributed by atoms with Gasteiger partial charge in [-0.25, -0.2) is 18.6 Å². The summed E-state index contributed by atoms with van der Waals surface area (Å²) < 4.78 is 37.7. The van der Waals surface area contributed by atoms with Crippen molar-refractivity contribution in [2.24, 2.45) is 0 Å². The molecule has 1 aromatic heterocycles. The summed E-state index contributed by atoms with van der Waals surface area (Å²) in [6.07, 6.45) is -0.0243. The number of hydrogen-bond donors (Lipinski definition) is 1. The molecule has 0 radical (unpaired) electrons. The van der Waals surface area contributed by atoms with Crippen LogP contribution >= 0.6 is 0 Å². The molecular weight excluding hydrogens is 360 g/mol. The summed E-state index contributed by atoms with van der Waals surface area (Å²) in [6.45, 7) is 10.2. The van der Waals surface area contributed by atoms with E-state index in [1.54, 1.807) is 41.5 Å². The van der Waals surface area contributed by atoms with Crippen LogP contribution in [-0.2, 0) is 14.3 Å². The number of halogens is 2. The van der Waals surface area contributed by atoms with Crippen LogP contribution in [0.3, 0.4) is 0 Å². The van der Waals surface area contributed by atoms with Crippen LogP contribution in [0.1, 0.15) is 41.5 Å². The Morgan fingerprint density at radius 3 is 2.26 bits per heavy atom. The Balaban J connectivity index is 3.01. The van der Waals surface area contributed by atoms with Crippen molar-refractivity contribution in [1.29, 1.82) is 0 Å². The molecule has 152 valence electrons. The number of likely N-dealkylation sites (N-methyl/N-ethyl adjacent to an activating group) is 1. The van der Waals surface area contributed by atoms with Gasteiger partial charge >= 0.3 is 6.09 Å². The number of carbonyl (C=O) groups excluding carboxylic acids is 2. The van der Waals surface area contributed by atoms with Crippen LogP contribution in [0.2, 0.25) is 0 Å². The van der Waals surface area contributed by atoms with Crippen LogP contribution in [0.15, 0.2) is 12.3 Å². The van der Waals surface area contributed by atoms with E-state index in [4.69, 9.17) is 9.47 Å². The van der Waals surface area contributed by atoms with Crippen LogP contribution in [0.25, 0.3) is 0 Å². The zero-order chi connectivity index (χ0) is 21.0. The minimum absolute atomic E-state index is 0.172. The topological polar surface area (TPSA) is 80.8 Å². The molecule has 1 unspecified atom stereocenters. The lowest BCUT2D eigenvalue weighted by Gasteiger charge is -2.28. The third-order valence-corrected chi connectivity index (χ3v) is 3.11. The van der Waals surface area contributed by atoms with Crippen molar-refractivity contribution in [2.75, 3.05) is 18.6 Å². The van der Waals surface area contributed by atoms with Crippen molar-refractivity contribution in [3.8, 4) is 0 Å². The quantitative estimate of drug-likeness (QED) is 0.840. The monoisotopic (exact) mass is 387 g/mol. The Morgan fingerprint density at radius 1 is 1.19 bits per heavy atom. The summed E-state index contributed by atoms with van der Waals surface area (Å²) in [5.41, 5.74) is -1.34. The molecule has 1 N–H and O–H groups in total. The van der Waals surface area contributed by atoms with Gasteiger partial charge in [0.25, 0.3) is 5.91 Å². The maximum Gasteiger partial charge on any atom is 0.408 e. The van der Waals surface area contributed by atoms with E-state index < -0.39 is 40.9 Å². The molecule has 0 saturated heterocycles. The van der Waals surface area contributed by atoms with Gasteiger partial charge < -0.3 is 14.8 Å². The molecule has 27 heavy (non-hydrogen) atoms. The lowest BCUT2D eigenvalue weighted by atomic mass is 10.2. The van der Waals surface area contributed by atoms with E-state index in [9.17, 15) is 18.4 Å². The second-order valence-electron chi connectivity index (χ2n) is 7.98. The molecule has 7 nitrogen and oxygen atoms in total. The molecule has 0 aliphatic rings. The zero-order valence-corrected chi connectivity index (χ0v) is 16.7. The van der Waals surface area contributed by atoms with Crippen molar-refractivity contribution in [3.05, 3.63) is 23.9 Å². The average Bonchev–Trinajstić information content (AvgIpc) is 2.47. The first-order valence-corrected chi connectivity index (χ1v) is 8.42. The number of nitrogens with zero attached hydrogens (tertiary/aromatic N) is 2. The molecular formula is C18H27F2N3O4. The summed E-state index contributed by atoms with van der Waals surface area (Å²) >= 11 is 0. The number of hydrogen-bond acceptors (Lipinski definition) is 5. The second-order valence-corrected chi connectivity index (χ2v) is 7.98. The largest absolute Gasteiger partial charge is 0.444 e. The molecule has 2 amide bonds. The van der Waals surface area contributed by atoms with E-state index in [2.05, 4.69) is 10.3 Å². The van der Waals surface area contributed by atoms with E-state index in [1.165, 1.54) is 7.05 Å². The normalized spacial score (nSPS) is 13.1. The summed E-state index contributed by atoms with van der Waals surface area (Å²) in [5.74, 6) is -2.92. The molecule has 0 bridgehead atoms. The van der Waals surface area contributed by atoms with Crippen molar-refractivity contribution in [2.45, 2.75) is 58.8 Å². The molecule has 0 aliphatic heterocycles. The first kappa shape index (κ1) is 22.8. The summed E-state index contributed by atoms with van der Waals surface area (Å²) in [7, 11) is 1.27. The SMILES string of the molecule is CN(C(=O)C(COC(C)(C)C)NC(=O)OC(C)(C)C)c1ncc(F)cc1F. The predicted molar refractivity (Wildman–Crippen MR) is 96.4 cm³/mol. The maximum absolute atomic E-state index is 13.9. The molecule has 1 heterocycles. The molecule has 0 aliphatic carbocycles. The minimum Gasteiger partial charge on any atom is -0.444 e. The van der Waals surface area contributed by atoms with Gasteiger partial charge in [-0.3, -0.25) is 9.69 Å². The van der Waals surface area contributed by atoms with Crippen LogP contribution < -0.4 is 10.2 Å². The highest BCUT2D eigenvalue weighted by Gasteiger charge is 2.30. The number of rotatable bonds is 5. The fourth-order valence-electron chi connectivity index (χ4n) is 1.95. The number of alkyl carbamates (subject to hydrolysis) is 1. The standard InChI is InChI=1S/C18H27F2N3O4/c1-17(2,3)26-10-13(22-16(25)27-18(4,5)6)15(24)23(7)14-12(20)8-11(19)9-21-14/h8-9,13H,10H2,1-7H3,(H,22,25). The van der Waals surface area contributed by atoms with Crippen molar-refractivity contribution in [1.82, 2.24) is 10.3 Å². The van der Waals surface area contributed by atoms with Crippen molar-refractivity contribution >= 4 is 17.8 Å². The molecule has 0 saturated carbocycles. The van der Waals surface area contributed by atoms with Gasteiger partial charge in [0.15, 0.2) is 11.6 Å². The number of anilines is 1. The molecule has 1 aromatic rings. The molecule has 0 spiro atoms. The van der Waals surface area contributed by atoms with Gasteiger partial charge in [0.2, 0.25) is 0 Å². The number of amides is 2. The smallest absolute Gasteiger partial charge is 0.408 e. The highest BCUT2D eigenvalue weighted by atomic mass is 19.1. The van der Waals surface area contributed by atoms with E-state index >= 15 is 0 Å². The third-order valence-electron chi connectivity index (χ3n) is 3.11. The van der Waals surface area contributed by atoms with E-state index in [1.807, 2.05) is 0 Å². The Kier molecular flexibility index (Phi) is 7.25. The van der Waals surface area contributed by atoms with Gasteiger partial charge in [-0.15, -0.1) is 0 Å². The maximum atomic E-state index is 13.9. The lowest BCUT2D eigenvalue weighted by Crippen LogP contribution is -2.52. The second kappa shape index (κ2) is 8.60. The van der Waals surface area contributed by atoms with Gasteiger partial charge in [0.05, 0.1) is 18.4 Å². The first-order chi connectivity index (χ1) is 12.2. The summed E-state index contributed by atoms with van der Waals surface area (Å²) in [6, 6.07) is -0.538. The van der Waals surface area contributed by atoms with Crippen molar-refractivity contribution < 1.29 is 27.8 Å². The Bertz CT molecular complexity index is 684. The van der Waals surface area contributed by atoms with Crippen LogP contribution in [0.5, 0.6) is 0 Å². The third kappa shape index (κ3) is 7.86. The van der Waals surface area contributed by atoms with E-state index in [0.717, 1.165) is 11.1 Å². The summed E-state index contributed by atoms with van der Waals surface area (Å²) in [4.78, 5) is 29.3. The van der Waals surface area contributed by atoms with Gasteiger partial charge in [-0.05, 0) is 41.5 Å². The van der Waals surface area contributed by atoms with Gasteiger partial charge in [0.1, 0.15) is 17.5 Å². The van der Waals surface area contributed by atoms with Crippen LogP contribution in [0.4, 0.5) is 19.4 Å². The Morgan fingerprint density at radius 2 is 1.78 bits per heavy atom. The highest BCUT2D eigenvalue weighted by Crippen LogP contribution is 2.17. The number of nitrogens with one attached hydrogen (secondary N) is 1. The Hall–Kier alpha value is -2.29. The number of ether oxygens (including phenoxy) is 2. The molecule has 0 aromatic carbocycles. The number of aromatic nitrogens is 1. The summed E-state index contributed by atoms with van der Waals surface area (Å²) in [5, 5.41) is 2.43. The highest BCUT2D eigenvalue weighted by molar-refractivity contribution is 5.97. The molecule has 1 atom stereocenters. The van der Waals surface area contributed by atoms with Gasteiger partial charge in [0, 0.05) is 13.1 Å². The van der Waals surface area contributed by atoms with Gasteiger partial charge in [-0.1, -0.05) is 0 Å². The fraction of sp³-hybridized carbons (Fsp3) is 0.611. The van der Waals surface area contributed by atoms with Crippen LogP contribution in [-0.4, -0.2) is 47.9 Å². The molecule has 9 heteroatoms. The lowest BCUT2D eigenvalue weighted by molar-refractivity contribution is -0.123. The predicted octanol–water partition coefficient (Wildman–Crippen LogP) is 3.03. The Labute approximate surface area is 158 Å². The average molecular weight is 387 g/mol. The zero-order valence-electron chi connectivity index (χ0n) is 16.7. The van der Waals surface area contributed by atoms with E-state index in [0.29, 0.717) is 6.07 Å². The number of pyridine rings is 1. The minimum atomic E-state index is -1.16. The van der Waals surface area contributed by atoms with E-state index in [-0.39, 0.29) is 12.4 Å². The van der Waals surface area contributed by atoms with Crippen LogP contribution in [0, 0.1) is 11.6 Å². The molecule has 0 fully saturated rings.